The Labute approximate surface area is 278 Å². The minimum Gasteiger partial charge on any atom is -0.444 e. The molecule has 47 heavy (non-hydrogen) atoms. The summed E-state index contributed by atoms with van der Waals surface area (Å²) in [6.07, 6.45) is 5.43. The molecule has 2 aliphatic rings. The Morgan fingerprint density at radius 3 is 2.17 bits per heavy atom. The molecule has 1 aliphatic heterocycles. The second-order valence-electron chi connectivity index (χ2n) is 13.9. The molecular formula is C39H47N5O3. The molecule has 0 spiro atoms. The first-order valence-electron chi connectivity index (χ1n) is 17.0. The number of amides is 2. The smallest absolute Gasteiger partial charge is 0.407 e. The molecule has 1 aliphatic carbocycles. The monoisotopic (exact) mass is 633 g/mol. The second-order valence-corrected chi connectivity index (χ2v) is 13.9. The highest BCUT2D eigenvalue weighted by molar-refractivity contribution is 5.98. The van der Waals surface area contributed by atoms with Crippen LogP contribution in [0.1, 0.15) is 74.1 Å². The maximum Gasteiger partial charge on any atom is 0.407 e. The minimum atomic E-state index is -0.413. The van der Waals surface area contributed by atoms with Crippen molar-refractivity contribution in [2.45, 2.75) is 83.1 Å². The topological polar surface area (TPSA) is 79.7 Å². The predicted octanol–water partition coefficient (Wildman–Crippen LogP) is 7.13. The Hall–Kier alpha value is -4.43. The average Bonchev–Trinajstić information content (AvgIpc) is 3.50. The number of ether oxygens (including phenoxy) is 1. The molecule has 1 saturated carbocycles. The van der Waals surface area contributed by atoms with E-state index in [4.69, 9.17) is 9.72 Å². The van der Waals surface area contributed by atoms with Crippen LogP contribution in [-0.2, 0) is 17.7 Å². The van der Waals surface area contributed by atoms with E-state index in [0.717, 1.165) is 63.0 Å². The fraction of sp³-hybridized carbons (Fsp3) is 0.410. The number of carbonyl (C=O) groups is 2. The highest BCUT2D eigenvalue weighted by Gasteiger charge is 2.37. The molecule has 1 N–H and O–H groups in total. The van der Waals surface area contributed by atoms with Crippen molar-refractivity contribution in [3.05, 3.63) is 114 Å². The van der Waals surface area contributed by atoms with E-state index < -0.39 is 11.6 Å². The van der Waals surface area contributed by atoms with Crippen molar-refractivity contribution >= 4 is 12.0 Å². The summed E-state index contributed by atoms with van der Waals surface area (Å²) >= 11 is 0. The Bertz CT molecular complexity index is 1620. The first kappa shape index (κ1) is 32.5. The summed E-state index contributed by atoms with van der Waals surface area (Å²) < 4.78 is 8.16. The lowest BCUT2D eigenvalue weighted by atomic mass is 9.91. The van der Waals surface area contributed by atoms with E-state index in [1.165, 1.54) is 11.1 Å². The van der Waals surface area contributed by atoms with Gasteiger partial charge >= 0.3 is 6.09 Å². The number of nitrogens with one attached hydrogen (secondary N) is 1. The van der Waals surface area contributed by atoms with Crippen molar-refractivity contribution in [2.75, 3.05) is 19.6 Å². The van der Waals surface area contributed by atoms with Crippen LogP contribution in [0.15, 0.2) is 97.3 Å². The number of aromatic nitrogens is 2. The van der Waals surface area contributed by atoms with Crippen LogP contribution >= 0.6 is 0 Å². The predicted molar refractivity (Wildman–Crippen MR) is 185 cm³/mol. The third-order valence-electron chi connectivity index (χ3n) is 9.19. The zero-order valence-corrected chi connectivity index (χ0v) is 27.8. The summed E-state index contributed by atoms with van der Waals surface area (Å²) in [4.78, 5) is 36.9. The van der Waals surface area contributed by atoms with Crippen molar-refractivity contribution in [1.29, 1.82) is 0 Å². The molecule has 2 fully saturated rings. The lowest BCUT2D eigenvalue weighted by Gasteiger charge is -2.41. The van der Waals surface area contributed by atoms with E-state index in [0.29, 0.717) is 12.2 Å². The molecule has 4 aromatic rings. The van der Waals surface area contributed by atoms with Gasteiger partial charge in [-0.25, -0.2) is 9.78 Å². The molecule has 3 atom stereocenters. The largest absolute Gasteiger partial charge is 0.444 e. The zero-order valence-electron chi connectivity index (χ0n) is 27.8. The van der Waals surface area contributed by atoms with Gasteiger partial charge in [0.05, 0.1) is 18.1 Å². The van der Waals surface area contributed by atoms with Gasteiger partial charge in [-0.3, -0.25) is 9.69 Å². The van der Waals surface area contributed by atoms with Gasteiger partial charge in [0, 0.05) is 43.3 Å². The van der Waals surface area contributed by atoms with Crippen LogP contribution in [-0.4, -0.2) is 68.7 Å². The van der Waals surface area contributed by atoms with E-state index >= 15 is 0 Å². The first-order valence-corrected chi connectivity index (χ1v) is 17.0. The second kappa shape index (κ2) is 14.6. The number of piperazine rings is 1. The molecule has 1 aromatic heterocycles. The number of hydrogen-bond acceptors (Lipinski definition) is 5. The number of alkyl carbamates (subject to hydrolysis) is 1. The Kier molecular flexibility index (Phi) is 10.1. The molecule has 246 valence electrons. The normalized spacial score (nSPS) is 20.5. The molecule has 2 unspecified atom stereocenters. The molecule has 1 saturated heterocycles. The van der Waals surface area contributed by atoms with Crippen molar-refractivity contribution < 1.29 is 14.3 Å². The number of rotatable bonds is 8. The SMILES string of the molecule is CC(C)(C)NC(=O)OC1CCCCC1n1cnc(C(=O)N2CCN(Cc3ccccc3)C[C@@H]2Cc2ccccc2)c1-c1ccccc1. The van der Waals surface area contributed by atoms with E-state index in [1.54, 1.807) is 6.33 Å². The Morgan fingerprint density at radius 2 is 1.49 bits per heavy atom. The van der Waals surface area contributed by atoms with Crippen molar-refractivity contribution in [1.82, 2.24) is 24.7 Å². The summed E-state index contributed by atoms with van der Waals surface area (Å²) in [5.41, 5.74) is 4.26. The highest BCUT2D eigenvalue weighted by Crippen LogP contribution is 2.37. The van der Waals surface area contributed by atoms with E-state index in [2.05, 4.69) is 63.3 Å². The molecule has 2 amide bonds. The standard InChI is InChI=1S/C39H47N5O3/c1-39(2,3)41-38(46)47-34-22-14-13-21-33(34)44-28-40-35(36(44)31-19-11-6-12-20-31)37(45)43-24-23-42(26-30-17-9-5-10-18-30)27-32(43)25-29-15-7-4-8-16-29/h4-12,15-20,28,32-34H,13-14,21-27H2,1-3H3,(H,41,46)/t32-,33?,34?/m0/s1. The number of hydrogen-bond donors (Lipinski definition) is 1. The summed E-state index contributed by atoms with van der Waals surface area (Å²) in [5, 5.41) is 2.94. The van der Waals surface area contributed by atoms with Gasteiger partial charge in [0.15, 0.2) is 5.69 Å². The highest BCUT2D eigenvalue weighted by atomic mass is 16.6. The van der Waals surface area contributed by atoms with Gasteiger partial charge in [0.1, 0.15) is 6.10 Å². The quantitative estimate of drug-likeness (QED) is 0.223. The van der Waals surface area contributed by atoms with Gasteiger partial charge in [0.25, 0.3) is 5.91 Å². The van der Waals surface area contributed by atoms with Crippen LogP contribution in [0.5, 0.6) is 0 Å². The maximum atomic E-state index is 14.7. The van der Waals surface area contributed by atoms with Crippen LogP contribution in [0.2, 0.25) is 0 Å². The molecular weight excluding hydrogens is 586 g/mol. The molecule has 2 heterocycles. The van der Waals surface area contributed by atoms with Crippen LogP contribution < -0.4 is 5.32 Å². The van der Waals surface area contributed by atoms with Gasteiger partial charge in [0.2, 0.25) is 0 Å². The van der Waals surface area contributed by atoms with Crippen LogP contribution in [0.3, 0.4) is 0 Å². The van der Waals surface area contributed by atoms with E-state index in [1.807, 2.05) is 68.1 Å². The lowest BCUT2D eigenvalue weighted by Crippen LogP contribution is -2.55. The maximum absolute atomic E-state index is 14.7. The molecule has 0 bridgehead atoms. The third kappa shape index (κ3) is 8.11. The lowest BCUT2D eigenvalue weighted by molar-refractivity contribution is 0.0378. The van der Waals surface area contributed by atoms with Crippen LogP contribution in [0, 0.1) is 0 Å². The summed E-state index contributed by atoms with van der Waals surface area (Å²) in [6.45, 7) is 8.87. The van der Waals surface area contributed by atoms with Gasteiger partial charge in [-0.1, -0.05) is 97.4 Å². The molecule has 0 radical (unpaired) electrons. The number of imidazole rings is 1. The molecule has 8 heteroatoms. The van der Waals surface area contributed by atoms with Crippen molar-refractivity contribution in [2.24, 2.45) is 0 Å². The third-order valence-corrected chi connectivity index (χ3v) is 9.19. The van der Waals surface area contributed by atoms with Crippen LogP contribution in [0.25, 0.3) is 11.3 Å². The van der Waals surface area contributed by atoms with Gasteiger partial charge in [-0.2, -0.15) is 0 Å². The molecule has 3 aromatic carbocycles. The van der Waals surface area contributed by atoms with Crippen LogP contribution in [0.4, 0.5) is 4.79 Å². The van der Waals surface area contributed by atoms with Crippen molar-refractivity contribution in [3.63, 3.8) is 0 Å². The molecule has 8 nitrogen and oxygen atoms in total. The number of carbonyl (C=O) groups excluding carboxylic acids is 2. The fourth-order valence-electron chi connectivity index (χ4n) is 7.03. The number of nitrogens with zero attached hydrogens (tertiary/aromatic N) is 4. The van der Waals surface area contributed by atoms with Gasteiger partial charge in [-0.05, 0) is 57.6 Å². The first-order chi connectivity index (χ1) is 22.7. The summed E-state index contributed by atoms with van der Waals surface area (Å²) in [7, 11) is 0. The Balaban J connectivity index is 1.31. The van der Waals surface area contributed by atoms with E-state index in [-0.39, 0.29) is 24.1 Å². The van der Waals surface area contributed by atoms with Crippen molar-refractivity contribution in [3.8, 4) is 11.3 Å². The minimum absolute atomic E-state index is 0.0111. The fourth-order valence-corrected chi connectivity index (χ4v) is 7.03. The molecule has 6 rings (SSSR count). The summed E-state index contributed by atoms with van der Waals surface area (Å²) in [6, 6.07) is 30.9. The Morgan fingerprint density at radius 1 is 0.851 bits per heavy atom. The summed E-state index contributed by atoms with van der Waals surface area (Å²) in [5.74, 6) is -0.0540. The average molecular weight is 634 g/mol. The van der Waals surface area contributed by atoms with Gasteiger partial charge < -0.3 is 19.5 Å². The zero-order chi connectivity index (χ0) is 32.8. The number of benzene rings is 3. The van der Waals surface area contributed by atoms with E-state index in [9.17, 15) is 9.59 Å². The van der Waals surface area contributed by atoms with Gasteiger partial charge in [-0.15, -0.1) is 0 Å².